The number of benzene rings is 2. The Kier molecular flexibility index (Phi) is 17.4. The van der Waals surface area contributed by atoms with Gasteiger partial charge in [-0.1, -0.05) is 103 Å². The van der Waals surface area contributed by atoms with Crippen molar-refractivity contribution in [3.05, 3.63) is 87.1 Å². The summed E-state index contributed by atoms with van der Waals surface area (Å²) in [6.45, 7) is 9.09. The molecule has 0 saturated carbocycles. The predicted molar refractivity (Wildman–Crippen MR) is 122 cm³/mol. The van der Waals surface area contributed by atoms with Crippen molar-refractivity contribution in [3.8, 4) is 0 Å². The number of allylic oxidation sites excluding steroid dienone is 4. The summed E-state index contributed by atoms with van der Waals surface area (Å²) < 4.78 is 0. The van der Waals surface area contributed by atoms with Crippen LogP contribution >= 0.6 is 0 Å². The Hall–Kier alpha value is -0.279. The summed E-state index contributed by atoms with van der Waals surface area (Å²) in [5, 5.41) is 3.37. The molecule has 0 atom stereocenters. The summed E-state index contributed by atoms with van der Waals surface area (Å²) in [4.78, 5) is 0. The van der Waals surface area contributed by atoms with Crippen molar-refractivity contribution in [2.24, 2.45) is 0 Å². The topological polar surface area (TPSA) is 0 Å². The van der Waals surface area contributed by atoms with Gasteiger partial charge in [0.15, 0.2) is 0 Å². The first-order valence-corrected chi connectivity index (χ1v) is 11.9. The molecular formula is C26H33Cl3SiTi. The van der Waals surface area contributed by atoms with E-state index >= 15 is 0 Å². The van der Waals surface area contributed by atoms with Crippen LogP contribution in [-0.2, 0) is 28.1 Å². The molecule has 1 aliphatic carbocycles. The van der Waals surface area contributed by atoms with Crippen molar-refractivity contribution < 1.29 is 58.9 Å². The Morgan fingerprint density at radius 2 is 1.52 bits per heavy atom. The van der Waals surface area contributed by atoms with Crippen LogP contribution in [0.1, 0.15) is 61.3 Å². The third kappa shape index (κ3) is 9.62. The molecule has 2 aromatic rings. The van der Waals surface area contributed by atoms with E-state index in [1.165, 1.54) is 59.9 Å². The smallest absolute Gasteiger partial charge is 1.00 e. The zero-order valence-electron chi connectivity index (χ0n) is 19.1. The van der Waals surface area contributed by atoms with Gasteiger partial charge in [-0.15, -0.1) is 0 Å². The molecule has 0 nitrogen and oxygen atoms in total. The quantitative estimate of drug-likeness (QED) is 0.191. The van der Waals surface area contributed by atoms with Crippen LogP contribution in [-0.4, -0.2) is 9.52 Å². The van der Waals surface area contributed by atoms with Crippen LogP contribution in [0.15, 0.2) is 58.8 Å². The Bertz CT molecular complexity index is 837. The van der Waals surface area contributed by atoms with Crippen LogP contribution in [0, 0.1) is 26.8 Å². The van der Waals surface area contributed by atoms with Crippen molar-refractivity contribution in [1.82, 2.24) is 0 Å². The predicted octanol–water partition coefficient (Wildman–Crippen LogP) is -3.37. The molecule has 166 valence electrons. The van der Waals surface area contributed by atoms with Gasteiger partial charge in [0.2, 0.25) is 0 Å². The maximum absolute atomic E-state index is 3.85. The maximum Gasteiger partial charge on any atom is 4.00 e. The zero-order chi connectivity index (χ0) is 19.2. The average Bonchev–Trinajstić information content (AvgIpc) is 3.00. The van der Waals surface area contributed by atoms with Crippen LogP contribution < -0.4 is 42.4 Å². The molecule has 31 heavy (non-hydrogen) atoms. The van der Waals surface area contributed by atoms with Crippen molar-refractivity contribution in [2.75, 3.05) is 0 Å². The minimum absolute atomic E-state index is 0. The van der Waals surface area contributed by atoms with Gasteiger partial charge in [0.05, 0.1) is 0 Å². The molecule has 0 heterocycles. The Labute approximate surface area is 225 Å². The van der Waals surface area contributed by atoms with Gasteiger partial charge in [-0.25, -0.2) is 16.8 Å². The van der Waals surface area contributed by atoms with E-state index in [-0.39, 0.29) is 58.9 Å². The maximum atomic E-state index is 3.85. The van der Waals surface area contributed by atoms with Crippen LogP contribution in [0.3, 0.4) is 0 Å². The molecule has 0 aromatic heterocycles. The van der Waals surface area contributed by atoms with E-state index in [9.17, 15) is 0 Å². The van der Waals surface area contributed by atoms with Gasteiger partial charge < -0.3 is 37.2 Å². The molecule has 0 radical (unpaired) electrons. The van der Waals surface area contributed by atoms with E-state index in [0.717, 1.165) is 6.42 Å². The monoisotopic (exact) mass is 526 g/mol. The fourth-order valence-electron chi connectivity index (χ4n) is 4.29. The third-order valence-corrected chi connectivity index (χ3v) is 8.29. The largest absolute Gasteiger partial charge is 4.00 e. The normalized spacial score (nSPS) is 12.6. The molecule has 0 aliphatic heterocycles. The number of hydrogen-bond donors (Lipinski definition) is 0. The molecule has 0 spiro atoms. The second kappa shape index (κ2) is 16.4. The second-order valence-electron chi connectivity index (χ2n) is 8.16. The molecule has 1 aliphatic rings. The third-order valence-electron chi connectivity index (χ3n) is 5.72. The van der Waals surface area contributed by atoms with Gasteiger partial charge in [0.1, 0.15) is 0 Å². The number of hydrogen-bond acceptors (Lipinski definition) is 0. The second-order valence-corrected chi connectivity index (χ2v) is 10.1. The molecule has 0 saturated heterocycles. The number of aryl methyl sites for hydroxylation is 3. The van der Waals surface area contributed by atoms with Crippen molar-refractivity contribution >= 4 is 14.7 Å². The molecule has 3 rings (SSSR count). The first-order valence-electron chi connectivity index (χ1n) is 10.5. The zero-order valence-corrected chi connectivity index (χ0v) is 24.4. The molecule has 0 bridgehead atoms. The van der Waals surface area contributed by atoms with Gasteiger partial charge >= 0.3 is 21.7 Å². The van der Waals surface area contributed by atoms with Crippen molar-refractivity contribution in [3.63, 3.8) is 0 Å². The van der Waals surface area contributed by atoms with E-state index in [0.29, 0.717) is 0 Å². The minimum Gasteiger partial charge on any atom is -1.00 e. The first kappa shape index (κ1) is 32.9. The van der Waals surface area contributed by atoms with Gasteiger partial charge in [-0.2, -0.15) is 5.57 Å². The molecule has 0 unspecified atom stereocenters. The van der Waals surface area contributed by atoms with Gasteiger partial charge in [0.25, 0.3) is 0 Å². The summed E-state index contributed by atoms with van der Waals surface area (Å²) in [7, 11) is -0.436. The minimum atomic E-state index is -0.436. The molecule has 0 amide bonds. The number of unbranched alkanes of at least 4 members (excludes halogenated alkanes) is 2. The molecular weight excluding hydrogens is 495 g/mol. The standard InChI is InChI=1S/C26H33Si.3ClH.Ti/c1-5-6-8-13-23-17-24(16-22-11-9-7-10-12-22)25(18-23)27-26-20(3)14-19(2)15-21(26)4;;;;/h7,9-12,14-15H,5-6,8,13,16,18,27H2,1-4H3;3*1H;/q-1;;;;+4/p-3. The Morgan fingerprint density at radius 1 is 0.903 bits per heavy atom. The summed E-state index contributed by atoms with van der Waals surface area (Å²) in [5.41, 5.74) is 8.84. The van der Waals surface area contributed by atoms with Crippen LogP contribution in [0.4, 0.5) is 0 Å². The van der Waals surface area contributed by atoms with Crippen LogP contribution in [0.5, 0.6) is 0 Å². The van der Waals surface area contributed by atoms with E-state index in [1.807, 2.05) is 0 Å². The van der Waals surface area contributed by atoms with E-state index < -0.39 is 9.52 Å². The summed E-state index contributed by atoms with van der Waals surface area (Å²) in [6.07, 6.45) is 11.3. The van der Waals surface area contributed by atoms with E-state index in [4.69, 9.17) is 0 Å². The fourth-order valence-corrected chi connectivity index (χ4v) is 6.33. The molecule has 2 aromatic carbocycles. The summed E-state index contributed by atoms with van der Waals surface area (Å²) >= 11 is 0. The summed E-state index contributed by atoms with van der Waals surface area (Å²) in [6, 6.07) is 15.7. The van der Waals surface area contributed by atoms with Crippen LogP contribution in [0.2, 0.25) is 0 Å². The summed E-state index contributed by atoms with van der Waals surface area (Å²) in [5.74, 6) is 0. The Balaban J connectivity index is 0. The van der Waals surface area contributed by atoms with E-state index in [1.54, 1.807) is 16.0 Å². The Morgan fingerprint density at radius 3 is 2.10 bits per heavy atom. The van der Waals surface area contributed by atoms with Gasteiger partial charge in [-0.05, 0) is 42.3 Å². The van der Waals surface area contributed by atoms with Gasteiger partial charge in [0, 0.05) is 0 Å². The van der Waals surface area contributed by atoms with Crippen molar-refractivity contribution in [2.45, 2.75) is 66.2 Å². The SMILES string of the molecule is CCCCCC1=[C-]C(Cc2ccccc2)=C([SiH2]c2c(C)cc(C)cc2C)C1.[Cl-].[Cl-].[Cl-].[Ti+4]. The molecule has 0 N–H and O–H groups in total. The van der Waals surface area contributed by atoms with E-state index in [2.05, 4.69) is 76.2 Å². The number of halogens is 3. The first-order chi connectivity index (χ1) is 13.1. The average molecular weight is 528 g/mol. The van der Waals surface area contributed by atoms with Gasteiger partial charge in [-0.3, -0.25) is 0 Å². The fraction of sp³-hybridized carbons (Fsp3) is 0.385. The number of rotatable bonds is 8. The molecule has 5 heteroatoms. The molecule has 0 fully saturated rings. The van der Waals surface area contributed by atoms with Crippen LogP contribution in [0.25, 0.3) is 0 Å². The van der Waals surface area contributed by atoms with Crippen molar-refractivity contribution in [1.29, 1.82) is 0 Å².